The molecule has 2 atom stereocenters. The van der Waals surface area contributed by atoms with Gasteiger partial charge in [0.15, 0.2) is 0 Å². The molecule has 1 aromatic carbocycles. The molecule has 20 heavy (non-hydrogen) atoms. The highest BCUT2D eigenvalue weighted by molar-refractivity contribution is 5.60. The number of aryl methyl sites for hydroxylation is 1. The summed E-state index contributed by atoms with van der Waals surface area (Å²) in [6.07, 6.45) is 1.08. The number of rotatable bonds is 5. The van der Waals surface area contributed by atoms with Gasteiger partial charge in [-0.2, -0.15) is 0 Å². The minimum atomic E-state index is 0.429. The fraction of sp³-hybridized carbons (Fsp3) is 0.625. The van der Waals surface area contributed by atoms with E-state index in [1.165, 1.54) is 16.9 Å². The van der Waals surface area contributed by atoms with Crippen LogP contribution in [0, 0.1) is 6.92 Å². The first-order chi connectivity index (χ1) is 9.56. The van der Waals surface area contributed by atoms with Gasteiger partial charge >= 0.3 is 0 Å². The van der Waals surface area contributed by atoms with Crippen molar-refractivity contribution in [2.45, 2.75) is 32.4 Å². The van der Waals surface area contributed by atoms with E-state index in [1.807, 2.05) is 0 Å². The summed E-state index contributed by atoms with van der Waals surface area (Å²) < 4.78 is 5.50. The average molecular weight is 277 g/mol. The Balaban J connectivity index is 1.91. The van der Waals surface area contributed by atoms with Crippen LogP contribution in [0.4, 0.5) is 11.4 Å². The Kier molecular flexibility index (Phi) is 5.26. The van der Waals surface area contributed by atoms with Crippen molar-refractivity contribution in [3.63, 3.8) is 0 Å². The molecule has 112 valence electrons. The van der Waals surface area contributed by atoms with Gasteiger partial charge in [-0.15, -0.1) is 0 Å². The van der Waals surface area contributed by atoms with Crippen molar-refractivity contribution in [2.24, 2.45) is 0 Å². The van der Waals surface area contributed by atoms with Gasteiger partial charge in [-0.1, -0.05) is 0 Å². The van der Waals surface area contributed by atoms with Crippen LogP contribution in [0.1, 0.15) is 18.9 Å². The maximum atomic E-state index is 5.50. The Labute approximate surface area is 122 Å². The van der Waals surface area contributed by atoms with E-state index in [1.54, 1.807) is 0 Å². The molecule has 1 aliphatic heterocycles. The second kappa shape index (κ2) is 6.95. The molecule has 2 unspecified atom stereocenters. The lowest BCUT2D eigenvalue weighted by Gasteiger charge is -2.27. The Morgan fingerprint density at radius 1 is 1.45 bits per heavy atom. The molecule has 1 fully saturated rings. The molecular weight excluding hydrogens is 250 g/mol. The predicted molar refractivity (Wildman–Crippen MR) is 85.8 cm³/mol. The number of hydrogen-bond acceptors (Lipinski definition) is 4. The molecule has 1 aliphatic rings. The minimum Gasteiger partial charge on any atom is -0.382 e. The maximum Gasteiger partial charge on any atom is 0.0621 e. The lowest BCUT2D eigenvalue weighted by Crippen LogP contribution is -2.43. The smallest absolute Gasteiger partial charge is 0.0621 e. The van der Waals surface area contributed by atoms with Crippen LogP contribution in [0.2, 0.25) is 0 Å². The topological polar surface area (TPSA) is 36.5 Å². The molecule has 0 saturated carbocycles. The highest BCUT2D eigenvalue weighted by Gasteiger charge is 2.16. The average Bonchev–Trinajstić information content (AvgIpc) is 2.42. The first kappa shape index (κ1) is 15.1. The molecule has 0 amide bonds. The fourth-order valence-electron chi connectivity index (χ4n) is 2.61. The van der Waals surface area contributed by atoms with Crippen molar-refractivity contribution in [3.05, 3.63) is 23.8 Å². The monoisotopic (exact) mass is 277 g/mol. The minimum absolute atomic E-state index is 0.429. The van der Waals surface area contributed by atoms with Crippen LogP contribution in [-0.4, -0.2) is 45.9 Å². The molecule has 2 rings (SSSR count). The van der Waals surface area contributed by atoms with Crippen LogP contribution < -0.4 is 15.5 Å². The van der Waals surface area contributed by atoms with Gasteiger partial charge in [0.2, 0.25) is 0 Å². The molecule has 0 spiro atoms. The molecule has 1 heterocycles. The summed E-state index contributed by atoms with van der Waals surface area (Å²) in [6, 6.07) is 7.44. The van der Waals surface area contributed by atoms with Crippen molar-refractivity contribution in [1.82, 2.24) is 5.32 Å². The van der Waals surface area contributed by atoms with E-state index in [4.69, 9.17) is 4.74 Å². The molecular formula is C16H27N3O. The number of anilines is 2. The lowest BCUT2D eigenvalue weighted by atomic mass is 10.1. The van der Waals surface area contributed by atoms with Crippen molar-refractivity contribution in [2.75, 3.05) is 44.1 Å². The van der Waals surface area contributed by atoms with Gasteiger partial charge in [-0.05, 0) is 44.0 Å². The van der Waals surface area contributed by atoms with E-state index >= 15 is 0 Å². The van der Waals surface area contributed by atoms with Crippen LogP contribution in [0.25, 0.3) is 0 Å². The summed E-state index contributed by atoms with van der Waals surface area (Å²) in [5.41, 5.74) is 3.75. The van der Waals surface area contributed by atoms with Gasteiger partial charge in [0.1, 0.15) is 0 Å². The zero-order valence-electron chi connectivity index (χ0n) is 13.1. The standard InChI is InChI=1S/C16H27N3O/c1-12-9-15(19(3)4)5-6-16(12)18-13(2)10-14-11-20-8-7-17-14/h5-6,9,13-14,17-18H,7-8,10-11H2,1-4H3. The van der Waals surface area contributed by atoms with Gasteiger partial charge in [0, 0.05) is 44.1 Å². The molecule has 0 bridgehead atoms. The molecule has 4 heteroatoms. The van der Waals surface area contributed by atoms with E-state index in [-0.39, 0.29) is 0 Å². The molecule has 0 aromatic heterocycles. The Morgan fingerprint density at radius 2 is 2.25 bits per heavy atom. The first-order valence-electron chi connectivity index (χ1n) is 7.42. The van der Waals surface area contributed by atoms with Gasteiger partial charge in [-0.3, -0.25) is 0 Å². The van der Waals surface area contributed by atoms with E-state index in [9.17, 15) is 0 Å². The van der Waals surface area contributed by atoms with Crippen molar-refractivity contribution in [1.29, 1.82) is 0 Å². The highest BCUT2D eigenvalue weighted by Crippen LogP contribution is 2.22. The van der Waals surface area contributed by atoms with Gasteiger partial charge in [0.25, 0.3) is 0 Å². The van der Waals surface area contributed by atoms with Crippen LogP contribution in [0.3, 0.4) is 0 Å². The molecule has 1 aromatic rings. The molecule has 1 saturated heterocycles. The quantitative estimate of drug-likeness (QED) is 0.865. The number of nitrogens with one attached hydrogen (secondary N) is 2. The molecule has 4 nitrogen and oxygen atoms in total. The lowest BCUT2D eigenvalue weighted by molar-refractivity contribution is 0.0731. The summed E-state index contributed by atoms with van der Waals surface area (Å²) in [4.78, 5) is 2.13. The summed E-state index contributed by atoms with van der Waals surface area (Å²) in [6.45, 7) is 7.02. The zero-order valence-corrected chi connectivity index (χ0v) is 13.1. The Hall–Kier alpha value is -1.26. The number of hydrogen-bond donors (Lipinski definition) is 2. The fourth-order valence-corrected chi connectivity index (χ4v) is 2.61. The van der Waals surface area contributed by atoms with Gasteiger partial charge in [0.05, 0.1) is 13.2 Å². The molecule has 2 N–H and O–H groups in total. The third-order valence-electron chi connectivity index (χ3n) is 3.76. The third-order valence-corrected chi connectivity index (χ3v) is 3.76. The largest absolute Gasteiger partial charge is 0.382 e. The summed E-state index contributed by atoms with van der Waals surface area (Å²) in [5, 5.41) is 7.11. The van der Waals surface area contributed by atoms with E-state index in [0.29, 0.717) is 12.1 Å². The van der Waals surface area contributed by atoms with Crippen LogP contribution in [0.5, 0.6) is 0 Å². The molecule has 0 radical (unpaired) electrons. The number of nitrogens with zero attached hydrogens (tertiary/aromatic N) is 1. The Morgan fingerprint density at radius 3 is 2.85 bits per heavy atom. The SMILES string of the molecule is Cc1cc(N(C)C)ccc1NC(C)CC1COCCN1. The second-order valence-electron chi connectivity index (χ2n) is 5.90. The van der Waals surface area contributed by atoms with Crippen molar-refractivity contribution in [3.8, 4) is 0 Å². The van der Waals surface area contributed by atoms with Crippen LogP contribution in [-0.2, 0) is 4.74 Å². The normalized spacial score (nSPS) is 20.5. The van der Waals surface area contributed by atoms with E-state index < -0.39 is 0 Å². The number of benzene rings is 1. The summed E-state index contributed by atoms with van der Waals surface area (Å²) in [5.74, 6) is 0. The van der Waals surface area contributed by atoms with Crippen molar-refractivity contribution < 1.29 is 4.74 Å². The van der Waals surface area contributed by atoms with Crippen LogP contribution in [0.15, 0.2) is 18.2 Å². The number of morpholine rings is 1. The van der Waals surface area contributed by atoms with Gasteiger partial charge in [-0.25, -0.2) is 0 Å². The highest BCUT2D eigenvalue weighted by atomic mass is 16.5. The van der Waals surface area contributed by atoms with E-state index in [0.717, 1.165) is 26.2 Å². The first-order valence-corrected chi connectivity index (χ1v) is 7.42. The van der Waals surface area contributed by atoms with E-state index in [2.05, 4.69) is 61.7 Å². The third kappa shape index (κ3) is 4.12. The van der Waals surface area contributed by atoms with Crippen LogP contribution >= 0.6 is 0 Å². The zero-order chi connectivity index (χ0) is 14.5. The second-order valence-corrected chi connectivity index (χ2v) is 5.90. The van der Waals surface area contributed by atoms with Crippen molar-refractivity contribution >= 4 is 11.4 Å². The predicted octanol–water partition coefficient (Wildman–Crippen LogP) is 2.24. The Bertz CT molecular complexity index is 428. The summed E-state index contributed by atoms with van der Waals surface area (Å²) in [7, 11) is 4.14. The molecule has 0 aliphatic carbocycles. The number of ether oxygens (including phenoxy) is 1. The van der Waals surface area contributed by atoms with Gasteiger partial charge < -0.3 is 20.3 Å². The maximum absolute atomic E-state index is 5.50. The summed E-state index contributed by atoms with van der Waals surface area (Å²) >= 11 is 0.